The third kappa shape index (κ3) is 20.9. The Morgan fingerprint density at radius 1 is 1.57 bits per heavy atom. The zero-order valence-corrected chi connectivity index (χ0v) is 7.44. The van der Waals surface area contributed by atoms with Crippen molar-refractivity contribution in [3.8, 4) is 0 Å². The summed E-state index contributed by atoms with van der Waals surface area (Å²) in [5, 5.41) is 2.60. The Morgan fingerprint density at radius 3 is 2.00 bits per heavy atom. The number of nitrogens with zero attached hydrogens (tertiary/aromatic N) is 1. The molecule has 7 heavy (non-hydrogen) atoms. The molecule has 0 fully saturated rings. The van der Waals surface area contributed by atoms with Crippen LogP contribution in [0.2, 0.25) is 0 Å². The van der Waals surface area contributed by atoms with E-state index < -0.39 is 0 Å². The van der Waals surface area contributed by atoms with Gasteiger partial charge in [0.2, 0.25) is 0 Å². The summed E-state index contributed by atoms with van der Waals surface area (Å²) in [5.74, 6) is 0. The Bertz CT molecular complexity index is 37.2. The maximum absolute atomic E-state index is 3.49. The van der Waals surface area contributed by atoms with Crippen LogP contribution in [0.15, 0.2) is 4.99 Å². The van der Waals surface area contributed by atoms with Gasteiger partial charge in [0.15, 0.2) is 0 Å². The van der Waals surface area contributed by atoms with Gasteiger partial charge < -0.3 is 22.8 Å². The van der Waals surface area contributed by atoms with Crippen LogP contribution in [-0.2, 0) is 32.7 Å². The molecule has 0 spiro atoms. The molecule has 0 aromatic heterocycles. The predicted octanol–water partition coefficient (Wildman–Crippen LogP) is 0.455. The summed E-state index contributed by atoms with van der Waals surface area (Å²) < 4.78 is 0. The van der Waals surface area contributed by atoms with E-state index in [0.717, 1.165) is 0 Å². The first kappa shape index (κ1) is 15.6. The smallest absolute Gasteiger partial charge is 0 e. The second kappa shape index (κ2) is 16.0. The average Bonchev–Trinajstić information content (AvgIpc) is 1.41. The molecular weight excluding hydrogens is 167 g/mol. The summed E-state index contributed by atoms with van der Waals surface area (Å²) in [6.45, 7) is 0. The van der Waals surface area contributed by atoms with Gasteiger partial charge in [-0.3, -0.25) is 0 Å². The minimum Gasteiger partial charge on any atom is -0.693 e. The van der Waals surface area contributed by atoms with E-state index in [0.29, 0.717) is 0 Å². The van der Waals surface area contributed by atoms with Gasteiger partial charge in [-0.25, -0.2) is 0 Å². The molecule has 0 saturated heterocycles. The Labute approximate surface area is 69.4 Å². The summed E-state index contributed by atoms with van der Waals surface area (Å²) in [5.41, 5.74) is 0. The van der Waals surface area contributed by atoms with Crippen LogP contribution in [0, 0.1) is 0 Å². The molecule has 0 bridgehead atoms. The van der Waals surface area contributed by atoms with Crippen LogP contribution >= 0.6 is 0 Å². The summed E-state index contributed by atoms with van der Waals surface area (Å²) >= 11 is 0. The maximum atomic E-state index is 3.49. The molecule has 0 heterocycles. The molecule has 0 aliphatic heterocycles. The van der Waals surface area contributed by atoms with Gasteiger partial charge >= 0.3 is 0 Å². The standard InChI is InChI=1S/C3H7N2.H2N.Y/c1-4-3-5-2;;/h1-2H3,(H,4,5);1H2;/q2*-1;. The summed E-state index contributed by atoms with van der Waals surface area (Å²) in [6, 6.07) is 0. The Hall–Kier alpha value is 0.534. The van der Waals surface area contributed by atoms with Gasteiger partial charge in [-0.1, -0.05) is 0 Å². The molecule has 0 aromatic rings. The maximum Gasteiger partial charge on any atom is 0 e. The van der Waals surface area contributed by atoms with E-state index in [2.05, 4.69) is 16.6 Å². The number of rotatable bonds is 1. The zero-order chi connectivity index (χ0) is 4.12. The molecule has 0 aliphatic rings. The molecule has 0 saturated carbocycles. The molecule has 0 unspecified atom stereocenters. The van der Waals surface area contributed by atoms with Crippen molar-refractivity contribution in [3.05, 3.63) is 6.15 Å². The fourth-order valence-corrected chi connectivity index (χ4v) is 0.112. The van der Waals surface area contributed by atoms with Crippen molar-refractivity contribution >= 4 is 6.34 Å². The SMILES string of the molecule is CN=[C-]NC.[NH2-].[Y]. The first-order valence-electron chi connectivity index (χ1n) is 1.42. The van der Waals surface area contributed by atoms with Gasteiger partial charge in [-0.05, 0) is 14.1 Å². The average molecular weight is 176 g/mol. The van der Waals surface area contributed by atoms with Crippen molar-refractivity contribution < 1.29 is 32.7 Å². The summed E-state index contributed by atoms with van der Waals surface area (Å²) in [4.78, 5) is 3.49. The number of nitrogens with two attached hydrogens (primary N) is 1. The molecule has 3 N–H and O–H groups in total. The van der Waals surface area contributed by atoms with Gasteiger partial charge in [0.25, 0.3) is 0 Å². The number of nitrogens with one attached hydrogen (secondary N) is 1. The zero-order valence-electron chi connectivity index (χ0n) is 4.60. The van der Waals surface area contributed by atoms with E-state index in [1.54, 1.807) is 14.1 Å². The Morgan fingerprint density at radius 2 is 2.00 bits per heavy atom. The van der Waals surface area contributed by atoms with Crippen molar-refractivity contribution in [2.45, 2.75) is 0 Å². The Kier molecular flexibility index (Phi) is 35.8. The van der Waals surface area contributed by atoms with E-state index in [4.69, 9.17) is 0 Å². The quantitative estimate of drug-likeness (QED) is 0.268. The largest absolute Gasteiger partial charge is 0.693 e. The molecule has 3 nitrogen and oxygen atoms in total. The second-order valence-electron chi connectivity index (χ2n) is 0.585. The van der Waals surface area contributed by atoms with Crippen LogP contribution < -0.4 is 5.32 Å². The Balaban J connectivity index is -0.0000000800. The number of aliphatic imine (C=N–C) groups is 1. The normalized spacial score (nSPS) is 6.57. The van der Waals surface area contributed by atoms with Crippen LogP contribution in [0.25, 0.3) is 6.15 Å². The fourth-order valence-electron chi connectivity index (χ4n) is 0.112. The fraction of sp³-hybridized carbons (Fsp3) is 0.667. The van der Waals surface area contributed by atoms with Crippen LogP contribution in [-0.4, -0.2) is 20.4 Å². The van der Waals surface area contributed by atoms with Crippen molar-refractivity contribution in [2.75, 3.05) is 14.1 Å². The van der Waals surface area contributed by atoms with Gasteiger partial charge in [0, 0.05) is 32.7 Å². The molecule has 1 radical (unpaired) electrons. The topological polar surface area (TPSA) is 57.9 Å². The molecular formula is C3H9N3Y-2. The first-order valence-corrected chi connectivity index (χ1v) is 1.42. The first-order chi connectivity index (χ1) is 2.41. The predicted molar refractivity (Wildman–Crippen MR) is 27.7 cm³/mol. The molecule has 4 heteroatoms. The van der Waals surface area contributed by atoms with E-state index in [9.17, 15) is 0 Å². The van der Waals surface area contributed by atoms with Crippen LogP contribution in [0.4, 0.5) is 0 Å². The van der Waals surface area contributed by atoms with Gasteiger partial charge in [0.05, 0.1) is 0 Å². The number of hydrogen-bond acceptors (Lipinski definition) is 1. The third-order valence-electron chi connectivity index (χ3n) is 0.224. The van der Waals surface area contributed by atoms with Gasteiger partial charge in [0.1, 0.15) is 0 Å². The van der Waals surface area contributed by atoms with E-state index in [1.807, 2.05) is 0 Å². The van der Waals surface area contributed by atoms with Crippen LogP contribution in [0.5, 0.6) is 0 Å². The van der Waals surface area contributed by atoms with E-state index in [-0.39, 0.29) is 38.9 Å². The second-order valence-corrected chi connectivity index (χ2v) is 0.585. The summed E-state index contributed by atoms with van der Waals surface area (Å²) in [6.07, 6.45) is 2.49. The molecule has 0 amide bonds. The molecule has 0 atom stereocenters. The number of hydrogen-bond donors (Lipinski definition) is 1. The van der Waals surface area contributed by atoms with Crippen molar-refractivity contribution in [3.63, 3.8) is 0 Å². The minimum atomic E-state index is 0. The molecule has 0 rings (SSSR count). The minimum absolute atomic E-state index is 0. The third-order valence-corrected chi connectivity index (χ3v) is 0.224. The monoisotopic (exact) mass is 176 g/mol. The van der Waals surface area contributed by atoms with Crippen molar-refractivity contribution in [1.29, 1.82) is 0 Å². The molecule has 0 aliphatic carbocycles. The van der Waals surface area contributed by atoms with Gasteiger partial charge in [-0.15, -0.1) is 0 Å². The van der Waals surface area contributed by atoms with Crippen LogP contribution in [0.1, 0.15) is 0 Å². The summed E-state index contributed by atoms with van der Waals surface area (Å²) in [7, 11) is 3.42. The van der Waals surface area contributed by atoms with E-state index in [1.165, 1.54) is 0 Å². The molecule has 41 valence electrons. The van der Waals surface area contributed by atoms with Gasteiger partial charge in [-0.2, -0.15) is 0 Å². The van der Waals surface area contributed by atoms with Crippen molar-refractivity contribution in [1.82, 2.24) is 5.32 Å². The molecule has 0 aromatic carbocycles. The van der Waals surface area contributed by atoms with Crippen LogP contribution in [0.3, 0.4) is 0 Å². The van der Waals surface area contributed by atoms with E-state index >= 15 is 0 Å². The van der Waals surface area contributed by atoms with Crippen molar-refractivity contribution in [2.24, 2.45) is 4.99 Å².